The third-order valence-electron chi connectivity index (χ3n) is 5.63. The number of hydrogen-bond acceptors (Lipinski definition) is 3. The molecule has 1 saturated heterocycles. The van der Waals surface area contributed by atoms with Crippen LogP contribution in [0.15, 0.2) is 42.5 Å². The second-order valence-electron chi connectivity index (χ2n) is 7.67. The highest BCUT2D eigenvalue weighted by Gasteiger charge is 2.23. The van der Waals surface area contributed by atoms with Crippen molar-refractivity contribution in [2.45, 2.75) is 31.6 Å². The van der Waals surface area contributed by atoms with E-state index < -0.39 is 0 Å². The predicted molar refractivity (Wildman–Crippen MR) is 124 cm³/mol. The van der Waals surface area contributed by atoms with Crippen LogP contribution >= 0.6 is 34.8 Å². The quantitative estimate of drug-likeness (QED) is 0.514. The molecule has 0 spiro atoms. The first kappa shape index (κ1) is 23.1. The van der Waals surface area contributed by atoms with Crippen molar-refractivity contribution in [3.8, 4) is 0 Å². The van der Waals surface area contributed by atoms with Crippen molar-refractivity contribution in [2.24, 2.45) is 0 Å². The highest BCUT2D eigenvalue weighted by molar-refractivity contribution is 6.42. The predicted octanol–water partition coefficient (Wildman–Crippen LogP) is 5.84. The number of carbonyl (C=O) groups is 2. The Hall–Kier alpha value is -1.59. The van der Waals surface area contributed by atoms with Crippen LogP contribution in [0.4, 0.5) is 5.69 Å². The summed E-state index contributed by atoms with van der Waals surface area (Å²) in [6, 6.07) is 12.8. The molecule has 1 fully saturated rings. The Kier molecular flexibility index (Phi) is 8.18. The first-order valence-corrected chi connectivity index (χ1v) is 11.2. The maximum atomic E-state index is 13.0. The number of rotatable bonds is 7. The van der Waals surface area contributed by atoms with E-state index in [4.69, 9.17) is 34.8 Å². The summed E-state index contributed by atoms with van der Waals surface area (Å²) in [5.74, 6) is 0.342. The Morgan fingerprint density at radius 1 is 1.03 bits per heavy atom. The van der Waals surface area contributed by atoms with E-state index in [0.717, 1.165) is 37.3 Å². The van der Waals surface area contributed by atoms with E-state index >= 15 is 0 Å². The van der Waals surface area contributed by atoms with Crippen molar-refractivity contribution in [1.29, 1.82) is 0 Å². The lowest BCUT2D eigenvalue weighted by molar-refractivity contribution is -0.121. The van der Waals surface area contributed by atoms with Crippen LogP contribution in [0.1, 0.15) is 37.2 Å². The minimum Gasteiger partial charge on any atom is -0.315 e. The van der Waals surface area contributed by atoms with Gasteiger partial charge in [-0.25, -0.2) is 0 Å². The molecule has 0 aliphatic carbocycles. The van der Waals surface area contributed by atoms with Crippen LogP contribution in [0, 0.1) is 0 Å². The van der Waals surface area contributed by atoms with Crippen molar-refractivity contribution in [3.05, 3.63) is 63.1 Å². The van der Waals surface area contributed by atoms with Crippen LogP contribution in [-0.4, -0.2) is 43.3 Å². The Bertz CT molecular complexity index is 892. The van der Waals surface area contributed by atoms with E-state index in [9.17, 15) is 9.59 Å². The van der Waals surface area contributed by atoms with Gasteiger partial charge in [0, 0.05) is 50.1 Å². The van der Waals surface area contributed by atoms with Gasteiger partial charge in [0.2, 0.25) is 5.91 Å². The van der Waals surface area contributed by atoms with Gasteiger partial charge in [0.05, 0.1) is 10.0 Å². The molecule has 30 heavy (non-hydrogen) atoms. The third-order valence-corrected chi connectivity index (χ3v) is 6.62. The molecule has 2 aromatic rings. The van der Waals surface area contributed by atoms with E-state index in [1.54, 1.807) is 30.1 Å². The molecule has 4 nitrogen and oxygen atoms in total. The first-order valence-electron chi connectivity index (χ1n) is 10.0. The zero-order valence-corrected chi connectivity index (χ0v) is 19.2. The smallest absolute Gasteiger partial charge is 0.227 e. The van der Waals surface area contributed by atoms with E-state index in [2.05, 4.69) is 4.90 Å². The van der Waals surface area contributed by atoms with Gasteiger partial charge in [0.1, 0.15) is 5.78 Å². The lowest BCUT2D eigenvalue weighted by Gasteiger charge is -2.28. The Morgan fingerprint density at radius 3 is 2.33 bits per heavy atom. The first-order chi connectivity index (χ1) is 14.3. The Morgan fingerprint density at radius 2 is 1.70 bits per heavy atom. The maximum Gasteiger partial charge on any atom is 0.227 e. The molecule has 1 amide bonds. The molecule has 160 valence electrons. The molecule has 1 atom stereocenters. The van der Waals surface area contributed by atoms with Gasteiger partial charge in [-0.3, -0.25) is 9.59 Å². The minimum absolute atomic E-state index is 0.000329. The maximum absolute atomic E-state index is 13.0. The fraction of sp³-hybridized carbons (Fsp3) is 0.391. The van der Waals surface area contributed by atoms with Gasteiger partial charge in [0.15, 0.2) is 0 Å². The van der Waals surface area contributed by atoms with Crippen molar-refractivity contribution >= 4 is 52.2 Å². The summed E-state index contributed by atoms with van der Waals surface area (Å²) in [7, 11) is 1.77. The lowest BCUT2D eigenvalue weighted by Crippen LogP contribution is -2.35. The van der Waals surface area contributed by atoms with E-state index in [1.807, 2.05) is 24.3 Å². The van der Waals surface area contributed by atoms with E-state index in [0.29, 0.717) is 40.1 Å². The molecule has 1 aliphatic rings. The average molecular weight is 468 g/mol. The molecule has 7 heteroatoms. The standard InChI is InChI=1S/C23H25Cl3N2O2/c1-27(19-5-3-18(24)4-6-19)23(30)15-17(16-2-7-21(25)22(26)14-16)8-11-28-12-9-20(29)10-13-28/h2-7,14,17H,8-13,15H2,1H3. The molecule has 1 unspecified atom stereocenters. The van der Waals surface area contributed by atoms with Crippen molar-refractivity contribution in [3.63, 3.8) is 0 Å². The number of likely N-dealkylation sites (tertiary alicyclic amines) is 1. The minimum atomic E-state index is -0.000329. The Balaban J connectivity index is 1.72. The summed E-state index contributed by atoms with van der Waals surface area (Å²) in [5.41, 5.74) is 1.79. The van der Waals surface area contributed by atoms with Gasteiger partial charge in [-0.05, 0) is 60.8 Å². The number of anilines is 1. The summed E-state index contributed by atoms with van der Waals surface area (Å²) < 4.78 is 0. The Labute approximate surface area is 192 Å². The van der Waals surface area contributed by atoms with Crippen LogP contribution in [0.5, 0.6) is 0 Å². The molecule has 0 radical (unpaired) electrons. The molecule has 1 heterocycles. The van der Waals surface area contributed by atoms with Gasteiger partial charge in [-0.15, -0.1) is 0 Å². The highest BCUT2D eigenvalue weighted by Crippen LogP contribution is 2.31. The van der Waals surface area contributed by atoms with E-state index in [-0.39, 0.29) is 11.8 Å². The summed E-state index contributed by atoms with van der Waals surface area (Å²) in [6.07, 6.45) is 2.36. The highest BCUT2D eigenvalue weighted by atomic mass is 35.5. The van der Waals surface area contributed by atoms with Crippen molar-refractivity contribution in [2.75, 3.05) is 31.6 Å². The molecule has 0 bridgehead atoms. The van der Waals surface area contributed by atoms with Gasteiger partial charge in [-0.2, -0.15) is 0 Å². The second kappa shape index (κ2) is 10.6. The number of ketones is 1. The topological polar surface area (TPSA) is 40.6 Å². The number of halogens is 3. The number of carbonyl (C=O) groups excluding carboxylic acids is 2. The summed E-state index contributed by atoms with van der Waals surface area (Å²) in [5, 5.41) is 1.62. The fourth-order valence-corrected chi connectivity index (χ4v) is 4.11. The van der Waals surface area contributed by atoms with Crippen LogP contribution < -0.4 is 4.90 Å². The number of benzene rings is 2. The number of Topliss-reactive ketones (excluding diaryl/α,β-unsaturated/α-hetero) is 1. The van der Waals surface area contributed by atoms with Crippen LogP contribution in [0.25, 0.3) is 0 Å². The van der Waals surface area contributed by atoms with E-state index in [1.165, 1.54) is 0 Å². The molecule has 0 N–H and O–H groups in total. The average Bonchev–Trinajstić information content (AvgIpc) is 2.74. The number of hydrogen-bond donors (Lipinski definition) is 0. The van der Waals surface area contributed by atoms with Crippen molar-refractivity contribution < 1.29 is 9.59 Å². The number of amides is 1. The zero-order chi connectivity index (χ0) is 21.7. The molecular formula is C23H25Cl3N2O2. The van der Waals surface area contributed by atoms with Crippen LogP contribution in [0.3, 0.4) is 0 Å². The fourth-order valence-electron chi connectivity index (χ4n) is 3.67. The largest absolute Gasteiger partial charge is 0.315 e. The molecule has 0 saturated carbocycles. The normalized spacial score (nSPS) is 15.8. The molecular weight excluding hydrogens is 443 g/mol. The van der Waals surface area contributed by atoms with Crippen LogP contribution in [0.2, 0.25) is 15.1 Å². The molecule has 1 aliphatic heterocycles. The molecule has 3 rings (SSSR count). The second-order valence-corrected chi connectivity index (χ2v) is 8.92. The summed E-state index contributed by atoms with van der Waals surface area (Å²) >= 11 is 18.3. The molecule has 0 aromatic heterocycles. The monoisotopic (exact) mass is 466 g/mol. The van der Waals surface area contributed by atoms with Gasteiger partial charge < -0.3 is 9.80 Å². The van der Waals surface area contributed by atoms with Crippen molar-refractivity contribution in [1.82, 2.24) is 4.90 Å². The van der Waals surface area contributed by atoms with Gasteiger partial charge in [0.25, 0.3) is 0 Å². The zero-order valence-electron chi connectivity index (χ0n) is 16.9. The lowest BCUT2D eigenvalue weighted by atomic mass is 9.91. The van der Waals surface area contributed by atoms with Gasteiger partial charge in [-0.1, -0.05) is 40.9 Å². The molecule has 2 aromatic carbocycles. The van der Waals surface area contributed by atoms with Gasteiger partial charge >= 0.3 is 0 Å². The number of nitrogens with zero attached hydrogens (tertiary/aromatic N) is 2. The SMILES string of the molecule is CN(C(=O)CC(CCN1CCC(=O)CC1)c1ccc(Cl)c(Cl)c1)c1ccc(Cl)cc1. The number of piperidine rings is 1. The third kappa shape index (κ3) is 6.21. The summed E-state index contributed by atoms with van der Waals surface area (Å²) in [6.45, 7) is 2.40. The summed E-state index contributed by atoms with van der Waals surface area (Å²) in [4.78, 5) is 28.5. The van der Waals surface area contributed by atoms with Crippen LogP contribution in [-0.2, 0) is 9.59 Å².